The monoisotopic (exact) mass is 1070 g/mol. The van der Waals surface area contributed by atoms with Gasteiger partial charge >= 0.3 is 5.97 Å². The highest BCUT2D eigenvalue weighted by molar-refractivity contribution is 5.93. The first-order valence-electron chi connectivity index (χ1n) is 27.9. The Hall–Kier alpha value is -5.53. The number of ether oxygens (including phenoxy) is 2. The summed E-state index contributed by atoms with van der Waals surface area (Å²) in [6, 6.07) is 1.01. The Morgan fingerprint density at radius 1 is 0.987 bits per heavy atom. The largest absolute Gasteiger partial charge is 0.456 e. The molecule has 5 rings (SSSR count). The zero-order chi connectivity index (χ0) is 56.7. The van der Waals surface area contributed by atoms with Gasteiger partial charge < -0.3 is 50.5 Å². The van der Waals surface area contributed by atoms with Crippen LogP contribution in [0.5, 0.6) is 0 Å². The second kappa shape index (κ2) is 28.9. The van der Waals surface area contributed by atoms with Crippen molar-refractivity contribution < 1.29 is 53.6 Å². The fourth-order valence-corrected chi connectivity index (χ4v) is 10.8. The number of esters is 1. The summed E-state index contributed by atoms with van der Waals surface area (Å²) in [5, 5.41) is 44.3. The highest BCUT2D eigenvalue weighted by Gasteiger charge is 2.51. The summed E-state index contributed by atoms with van der Waals surface area (Å²) >= 11 is 0. The number of carbonyl (C=O) groups is 6. The lowest BCUT2D eigenvalue weighted by molar-refractivity contribution is -0.179. The predicted octanol–water partition coefficient (Wildman–Crippen LogP) is 5.34. The van der Waals surface area contributed by atoms with Crippen molar-refractivity contribution >= 4 is 35.4 Å². The summed E-state index contributed by atoms with van der Waals surface area (Å²) in [4.78, 5) is 97.1. The number of ketones is 1. The first-order chi connectivity index (χ1) is 36.5. The number of nitrogens with one attached hydrogen (secondary N) is 5. The fourth-order valence-electron chi connectivity index (χ4n) is 10.8. The van der Waals surface area contributed by atoms with Gasteiger partial charge in [-0.3, -0.25) is 33.8 Å². The topological polar surface area (TPSA) is 266 Å². The quantitative estimate of drug-likeness (QED) is 0.0628. The number of amides is 4. The molecule has 1 spiro atoms. The smallest absolute Gasteiger partial charge is 0.325 e. The van der Waals surface area contributed by atoms with Gasteiger partial charge in [0.25, 0.3) is 5.91 Å². The van der Waals surface area contributed by atoms with Crippen molar-refractivity contribution in [1.29, 1.82) is 0 Å². The maximum Gasteiger partial charge on any atom is 0.325 e. The van der Waals surface area contributed by atoms with E-state index in [4.69, 9.17) is 9.47 Å². The van der Waals surface area contributed by atoms with Crippen LogP contribution in [-0.4, -0.2) is 122 Å². The molecule has 4 aliphatic heterocycles. The van der Waals surface area contributed by atoms with Crippen LogP contribution in [-0.2, 0) is 44.7 Å². The number of pyridine rings is 1. The minimum atomic E-state index is -1.44. The number of cyclic esters (lactones) is 1. The molecule has 2 fully saturated rings. The van der Waals surface area contributed by atoms with Crippen molar-refractivity contribution in [1.82, 2.24) is 31.4 Å². The maximum absolute atomic E-state index is 14.5. The third kappa shape index (κ3) is 17.0. The van der Waals surface area contributed by atoms with E-state index in [1.165, 1.54) is 30.1 Å². The van der Waals surface area contributed by atoms with Crippen LogP contribution < -0.4 is 26.9 Å². The van der Waals surface area contributed by atoms with Crippen molar-refractivity contribution in [2.24, 2.45) is 41.4 Å². The SMILES string of the molecule is CC[C@H]1C[C@H](C)[C@@]2(NC1=O)O[C@@H](C[C@H](O)[C@@H](C)CC/C=C/C=C(\C)[C@@H]1C/C=C/C=C/[C@H](O)[C@H](C)[C@@H](O)[C@@H](CCC(C)=O)C(=O)N[C@@H](C(C)C)C(=O)N[C@@H](Cc3cccc(=O)[nH]3)C(=O)N3CCCC(N3)C(=O)O1)[C@H](C)C=C2C. The normalized spacial score (nSPS) is 33.2. The van der Waals surface area contributed by atoms with E-state index in [2.05, 4.69) is 46.3 Å². The number of rotatable bonds is 15. The van der Waals surface area contributed by atoms with Crippen molar-refractivity contribution in [3.8, 4) is 0 Å². The predicted molar refractivity (Wildman–Crippen MR) is 293 cm³/mol. The first-order valence-corrected chi connectivity index (χ1v) is 27.9. The lowest BCUT2D eigenvalue weighted by atomic mass is 9.75. The Balaban J connectivity index is 1.35. The number of aromatic amines is 1. The molecule has 1 aromatic heterocycles. The Morgan fingerprint density at radius 2 is 1.73 bits per heavy atom. The van der Waals surface area contributed by atoms with E-state index < -0.39 is 95.3 Å². The van der Waals surface area contributed by atoms with Crippen LogP contribution in [0.1, 0.15) is 139 Å². The zero-order valence-electron chi connectivity index (χ0n) is 47.0. The van der Waals surface area contributed by atoms with E-state index in [0.29, 0.717) is 37.8 Å². The molecular weight excluding hydrogens is 985 g/mol. The van der Waals surface area contributed by atoms with Crippen LogP contribution in [0.15, 0.2) is 82.7 Å². The number of allylic oxidation sites excluding steroid dienone is 5. The summed E-state index contributed by atoms with van der Waals surface area (Å²) < 4.78 is 12.9. The molecule has 8 N–H and O–H groups in total. The average Bonchev–Trinajstić information content (AvgIpc) is 3.38. The number of hydrazine groups is 1. The van der Waals surface area contributed by atoms with E-state index in [1.54, 1.807) is 45.1 Å². The number of hydrogen-bond donors (Lipinski definition) is 8. The van der Waals surface area contributed by atoms with Crippen LogP contribution in [0.4, 0.5) is 0 Å². The van der Waals surface area contributed by atoms with Gasteiger partial charge in [-0.25, -0.2) is 5.43 Å². The van der Waals surface area contributed by atoms with Crippen LogP contribution >= 0.6 is 0 Å². The molecule has 4 aliphatic rings. The summed E-state index contributed by atoms with van der Waals surface area (Å²) in [5.41, 5.74) is 3.80. The van der Waals surface area contributed by atoms with Crippen molar-refractivity contribution in [3.63, 3.8) is 0 Å². The lowest BCUT2D eigenvalue weighted by Crippen LogP contribution is -2.64. The molecule has 77 heavy (non-hydrogen) atoms. The second-order valence-corrected chi connectivity index (χ2v) is 22.5. The molecule has 18 nitrogen and oxygen atoms in total. The molecule has 1 unspecified atom stereocenters. The summed E-state index contributed by atoms with van der Waals surface area (Å²) in [5.74, 6) is -5.42. The number of nitrogens with zero attached hydrogens (tertiary/aromatic N) is 1. The molecule has 2 bridgehead atoms. The number of H-pyrrole nitrogens is 1. The van der Waals surface area contributed by atoms with Gasteiger partial charge in [-0.05, 0) is 94.8 Å². The highest BCUT2D eigenvalue weighted by atomic mass is 16.5. The van der Waals surface area contributed by atoms with Gasteiger partial charge in [0.05, 0.1) is 30.3 Å². The number of hydrogen-bond acceptors (Lipinski definition) is 13. The third-order valence-electron chi connectivity index (χ3n) is 16.1. The van der Waals surface area contributed by atoms with E-state index in [-0.39, 0.29) is 73.7 Å². The molecule has 0 radical (unpaired) electrons. The minimum absolute atomic E-state index is 0.00617. The van der Waals surface area contributed by atoms with Gasteiger partial charge in [0.15, 0.2) is 5.72 Å². The number of piperidine rings is 1. The Bertz CT molecular complexity index is 2430. The number of Topliss-reactive ketones (excluding diaryl/α,β-unsaturated/α-hetero) is 1. The Morgan fingerprint density at radius 3 is 2.42 bits per heavy atom. The molecule has 0 aromatic carbocycles. The summed E-state index contributed by atoms with van der Waals surface area (Å²) in [6.07, 6.45) is 14.1. The van der Waals surface area contributed by atoms with E-state index >= 15 is 0 Å². The maximum atomic E-state index is 14.5. The van der Waals surface area contributed by atoms with Crippen molar-refractivity contribution in [3.05, 3.63) is 94.0 Å². The molecule has 18 heteroatoms. The molecule has 0 aliphatic carbocycles. The fraction of sp³-hybridized carbons (Fsp3) is 0.644. The van der Waals surface area contributed by atoms with E-state index in [9.17, 15) is 48.9 Å². The Kier molecular flexibility index (Phi) is 23.4. The van der Waals surface area contributed by atoms with Crippen LogP contribution in [0, 0.1) is 41.4 Å². The van der Waals surface area contributed by atoms with E-state index in [0.717, 1.165) is 24.0 Å². The van der Waals surface area contributed by atoms with Gasteiger partial charge in [-0.15, -0.1) is 0 Å². The van der Waals surface area contributed by atoms with Crippen molar-refractivity contribution in [2.75, 3.05) is 6.54 Å². The molecule has 1 aromatic rings. The van der Waals surface area contributed by atoms with Gasteiger partial charge in [-0.1, -0.05) is 103 Å². The van der Waals surface area contributed by atoms with Gasteiger partial charge in [-0.2, -0.15) is 0 Å². The summed E-state index contributed by atoms with van der Waals surface area (Å²) in [6.45, 7) is 18.6. The van der Waals surface area contributed by atoms with Crippen molar-refractivity contribution in [2.45, 2.75) is 194 Å². The molecule has 2 saturated heterocycles. The van der Waals surface area contributed by atoms with Crippen LogP contribution in [0.3, 0.4) is 0 Å². The number of aromatic nitrogens is 1. The Labute approximate surface area is 455 Å². The first kappa shape index (κ1) is 62.3. The second-order valence-electron chi connectivity index (χ2n) is 22.5. The van der Waals surface area contributed by atoms with E-state index in [1.807, 2.05) is 45.9 Å². The van der Waals surface area contributed by atoms with Gasteiger partial charge in [0.2, 0.25) is 23.3 Å². The zero-order valence-corrected chi connectivity index (χ0v) is 47.0. The molecule has 15 atom stereocenters. The van der Waals surface area contributed by atoms with Crippen LogP contribution in [0.25, 0.3) is 0 Å². The molecule has 4 amide bonds. The minimum Gasteiger partial charge on any atom is -0.456 e. The lowest BCUT2D eigenvalue weighted by Gasteiger charge is -2.51. The van der Waals surface area contributed by atoms with Gasteiger partial charge in [0.1, 0.15) is 30.0 Å². The summed E-state index contributed by atoms with van der Waals surface area (Å²) in [7, 11) is 0. The molecule has 426 valence electrons. The third-order valence-corrected chi connectivity index (χ3v) is 16.1. The molecular formula is C59H88N6O12. The number of aliphatic hydroxyl groups excluding tert-OH is 3. The number of fused-ring (bicyclic) bond motifs is 2. The number of carbonyl (C=O) groups excluding carboxylic acids is 6. The average molecular weight is 1070 g/mol. The van der Waals surface area contributed by atoms with Gasteiger partial charge in [0, 0.05) is 67.7 Å². The van der Waals surface area contributed by atoms with Crippen LogP contribution in [0.2, 0.25) is 0 Å². The molecule has 0 saturated carbocycles. The highest BCUT2D eigenvalue weighted by Crippen LogP contribution is 2.43. The molecule has 5 heterocycles. The number of aliphatic hydroxyl groups is 3. The standard InChI is InChI=1S/C59H88N6O12/c1-11-42-31-39(8)59(63-54(42)71)38(7)30-37(6)50(77-59)33-48(68)35(4)20-14-12-15-21-36(5)49-25-17-13-16-24-47(67)41(10)53(70)44(28-27-40(9)66)55(72)62-52(34(2)3)56(73)61-46(32-43-22-18-26-51(69)60-43)57(74)65-29-19-23-45(64-65)58(75)76-49/h12-13,15-18,21-22,24,26,30,34-35,37,39,41-42,44-50,52-53,64,67-68,70H,11,14,19-20,23,25,27-29,31-33H2,1-10H3,(H,60,69)(H,61,73)(H,62,72)(H,63,71)/b15-12+,17-13+,24-16+,36-21+/t35-,37+,39-,41-,42-,44+,45?,46-,47-,48-,49-,50-,52-,53+,59-/m0/s1.